The van der Waals surface area contributed by atoms with Gasteiger partial charge in [-0.1, -0.05) is 12.1 Å². The van der Waals surface area contributed by atoms with Crippen LogP contribution in [0.25, 0.3) is 10.9 Å². The Balaban J connectivity index is 2.61. The van der Waals surface area contributed by atoms with Crippen molar-refractivity contribution in [1.82, 2.24) is 4.98 Å². The predicted octanol–water partition coefficient (Wildman–Crippen LogP) is 4.31. The molecule has 0 unspecified atom stereocenters. The van der Waals surface area contributed by atoms with Crippen molar-refractivity contribution in [2.45, 2.75) is 52.7 Å². The molecule has 1 amide bonds. The maximum Gasteiger partial charge on any atom is 0.416 e. The summed E-state index contributed by atoms with van der Waals surface area (Å²) in [5.41, 5.74) is -0.606. The third-order valence-electron chi connectivity index (χ3n) is 3.32. The molecule has 6 heteroatoms. The third kappa shape index (κ3) is 4.47. The highest BCUT2D eigenvalue weighted by Crippen LogP contribution is 2.32. The summed E-state index contributed by atoms with van der Waals surface area (Å²) in [4.78, 5) is 29.7. The Bertz CT molecular complexity index is 788. The lowest BCUT2D eigenvalue weighted by molar-refractivity contribution is -0.120. The van der Waals surface area contributed by atoms with E-state index in [-0.39, 0.29) is 0 Å². The molecule has 0 fully saturated rings. The smallest absolute Gasteiger partial charge is 0.416 e. The maximum atomic E-state index is 12.8. The van der Waals surface area contributed by atoms with Gasteiger partial charge in [0.2, 0.25) is 0 Å². The zero-order chi connectivity index (χ0) is 18.8. The van der Waals surface area contributed by atoms with Gasteiger partial charge in [-0.25, -0.2) is 9.78 Å². The molecule has 2 aromatic rings. The first-order valence-corrected chi connectivity index (χ1v) is 8.06. The van der Waals surface area contributed by atoms with Crippen LogP contribution in [0.1, 0.15) is 41.5 Å². The van der Waals surface area contributed by atoms with Crippen LogP contribution in [0.15, 0.2) is 30.3 Å². The van der Waals surface area contributed by atoms with Crippen molar-refractivity contribution in [3.05, 3.63) is 30.3 Å². The number of rotatable bonds is 3. The normalized spacial score (nSPS) is 11.9. The van der Waals surface area contributed by atoms with Crippen molar-refractivity contribution in [3.8, 4) is 5.75 Å². The zero-order valence-corrected chi connectivity index (χ0v) is 15.5. The third-order valence-corrected chi connectivity index (χ3v) is 3.32. The van der Waals surface area contributed by atoms with Gasteiger partial charge in [0.05, 0.1) is 5.52 Å². The van der Waals surface area contributed by atoms with Crippen molar-refractivity contribution < 1.29 is 19.1 Å². The second kappa shape index (κ2) is 6.70. The summed E-state index contributed by atoms with van der Waals surface area (Å²) in [5.74, 6) is 0.700. The number of fused-ring (bicyclic) bond motifs is 1. The van der Waals surface area contributed by atoms with Gasteiger partial charge >= 0.3 is 6.09 Å². The van der Waals surface area contributed by atoms with Crippen LogP contribution in [0.4, 0.5) is 10.6 Å². The molecule has 1 aromatic carbocycles. The summed E-state index contributed by atoms with van der Waals surface area (Å²) in [6.45, 7) is 11.4. The molecule has 0 aliphatic heterocycles. The Labute approximate surface area is 147 Å². The Morgan fingerprint density at radius 2 is 1.76 bits per heavy atom. The standard InChI is InChI=1S/C19H24N2O4/c1-18(2,3)21(17(23)25-19(4,5)6)16-11-15(24-12-22)13-9-7-8-10-14(13)20-16/h7-12H,1-6H3. The SMILES string of the molecule is CC(C)(C)OC(=O)N(c1cc(OC=O)c2ccccc2n1)C(C)(C)C. The quantitative estimate of drug-likeness (QED) is 0.776. The number of benzene rings is 1. The van der Waals surface area contributed by atoms with Gasteiger partial charge in [0.15, 0.2) is 0 Å². The van der Waals surface area contributed by atoms with E-state index >= 15 is 0 Å². The van der Waals surface area contributed by atoms with E-state index in [1.54, 1.807) is 39.0 Å². The molecule has 134 valence electrons. The van der Waals surface area contributed by atoms with Crippen LogP contribution in [-0.2, 0) is 9.53 Å². The molecular formula is C19H24N2O4. The van der Waals surface area contributed by atoms with E-state index in [0.717, 1.165) is 0 Å². The molecule has 0 saturated carbocycles. The minimum Gasteiger partial charge on any atom is -0.443 e. The van der Waals surface area contributed by atoms with Crippen LogP contribution in [0, 0.1) is 0 Å². The van der Waals surface area contributed by atoms with Gasteiger partial charge in [-0.15, -0.1) is 0 Å². The number of amides is 1. The number of ether oxygens (including phenoxy) is 2. The summed E-state index contributed by atoms with van der Waals surface area (Å²) < 4.78 is 10.6. The van der Waals surface area contributed by atoms with Crippen LogP contribution in [0.3, 0.4) is 0 Å². The number of para-hydroxylation sites is 1. The summed E-state index contributed by atoms with van der Waals surface area (Å²) in [6, 6.07) is 8.84. The summed E-state index contributed by atoms with van der Waals surface area (Å²) in [5, 5.41) is 0.691. The number of aromatic nitrogens is 1. The number of hydrogen-bond donors (Lipinski definition) is 0. The number of carbonyl (C=O) groups excluding carboxylic acids is 2. The fourth-order valence-electron chi connectivity index (χ4n) is 2.41. The van der Waals surface area contributed by atoms with Gasteiger partial charge in [0.25, 0.3) is 6.47 Å². The van der Waals surface area contributed by atoms with E-state index in [9.17, 15) is 9.59 Å². The summed E-state index contributed by atoms with van der Waals surface area (Å²) in [7, 11) is 0. The van der Waals surface area contributed by atoms with Crippen LogP contribution < -0.4 is 9.64 Å². The zero-order valence-electron chi connectivity index (χ0n) is 15.5. The predicted molar refractivity (Wildman–Crippen MR) is 96.9 cm³/mol. The lowest BCUT2D eigenvalue weighted by Crippen LogP contribution is -2.48. The summed E-state index contributed by atoms with van der Waals surface area (Å²) >= 11 is 0. The second-order valence-corrected chi connectivity index (χ2v) is 7.70. The van der Waals surface area contributed by atoms with E-state index in [1.807, 2.05) is 32.9 Å². The number of carbonyl (C=O) groups is 2. The first kappa shape index (κ1) is 18.7. The molecule has 6 nitrogen and oxygen atoms in total. The maximum absolute atomic E-state index is 12.8. The molecule has 0 aliphatic carbocycles. The van der Waals surface area contributed by atoms with Gasteiger partial charge < -0.3 is 9.47 Å². The Hall–Kier alpha value is -2.63. The minimum absolute atomic E-state index is 0.341. The molecule has 0 saturated heterocycles. The first-order chi connectivity index (χ1) is 11.5. The van der Waals surface area contributed by atoms with Crippen LogP contribution in [0.5, 0.6) is 5.75 Å². The lowest BCUT2D eigenvalue weighted by Gasteiger charge is -2.36. The average Bonchev–Trinajstić information content (AvgIpc) is 2.44. The van der Waals surface area contributed by atoms with Crippen LogP contribution in [0.2, 0.25) is 0 Å². The molecule has 0 radical (unpaired) electrons. The highest BCUT2D eigenvalue weighted by molar-refractivity contribution is 5.93. The Morgan fingerprint density at radius 3 is 2.32 bits per heavy atom. The first-order valence-electron chi connectivity index (χ1n) is 8.06. The molecule has 1 heterocycles. The van der Waals surface area contributed by atoms with Crippen molar-refractivity contribution in [1.29, 1.82) is 0 Å². The number of pyridine rings is 1. The van der Waals surface area contributed by atoms with Crippen molar-refractivity contribution in [2.75, 3.05) is 4.90 Å². The van der Waals surface area contributed by atoms with E-state index in [4.69, 9.17) is 9.47 Å². The molecule has 2 rings (SSSR count). The number of hydrogen-bond acceptors (Lipinski definition) is 5. The van der Waals surface area contributed by atoms with Crippen LogP contribution >= 0.6 is 0 Å². The Morgan fingerprint density at radius 1 is 1.12 bits per heavy atom. The highest BCUT2D eigenvalue weighted by Gasteiger charge is 2.33. The van der Waals surface area contributed by atoms with Crippen LogP contribution in [-0.4, -0.2) is 28.7 Å². The molecule has 0 spiro atoms. The highest BCUT2D eigenvalue weighted by atomic mass is 16.6. The molecule has 0 bridgehead atoms. The fraction of sp³-hybridized carbons (Fsp3) is 0.421. The molecule has 0 atom stereocenters. The second-order valence-electron chi connectivity index (χ2n) is 7.70. The van der Waals surface area contributed by atoms with Crippen molar-refractivity contribution in [2.24, 2.45) is 0 Å². The molecule has 1 aromatic heterocycles. The molecular weight excluding hydrogens is 320 g/mol. The van der Waals surface area contributed by atoms with Crippen molar-refractivity contribution in [3.63, 3.8) is 0 Å². The van der Waals surface area contributed by atoms with E-state index < -0.39 is 17.2 Å². The van der Waals surface area contributed by atoms with E-state index in [1.165, 1.54) is 4.90 Å². The molecule has 0 N–H and O–H groups in total. The van der Waals surface area contributed by atoms with Gasteiger partial charge in [-0.3, -0.25) is 9.69 Å². The van der Waals surface area contributed by atoms with Gasteiger partial charge in [-0.05, 0) is 53.7 Å². The molecule has 0 aliphatic rings. The Kier molecular flexibility index (Phi) is 5.02. The fourth-order valence-corrected chi connectivity index (χ4v) is 2.41. The largest absolute Gasteiger partial charge is 0.443 e. The average molecular weight is 344 g/mol. The number of anilines is 1. The van der Waals surface area contributed by atoms with E-state index in [2.05, 4.69) is 4.98 Å². The summed E-state index contributed by atoms with van der Waals surface area (Å²) in [6.07, 6.45) is -0.514. The van der Waals surface area contributed by atoms with Gasteiger partial charge in [-0.2, -0.15) is 0 Å². The van der Waals surface area contributed by atoms with E-state index in [0.29, 0.717) is 28.9 Å². The number of nitrogens with zero attached hydrogens (tertiary/aromatic N) is 2. The topological polar surface area (TPSA) is 68.7 Å². The van der Waals surface area contributed by atoms with Gasteiger partial charge in [0, 0.05) is 17.0 Å². The van der Waals surface area contributed by atoms with Crippen molar-refractivity contribution >= 4 is 29.3 Å². The van der Waals surface area contributed by atoms with Gasteiger partial charge in [0.1, 0.15) is 17.2 Å². The lowest BCUT2D eigenvalue weighted by atomic mass is 10.1. The molecule has 25 heavy (non-hydrogen) atoms. The minimum atomic E-state index is -0.639. The monoisotopic (exact) mass is 344 g/mol.